The molecule has 1 N–H and O–H groups in total. The van der Waals surface area contributed by atoms with Gasteiger partial charge in [0.25, 0.3) is 0 Å². The summed E-state index contributed by atoms with van der Waals surface area (Å²) in [6.45, 7) is 4.07. The van der Waals surface area contributed by atoms with Crippen LogP contribution in [-0.2, 0) is 4.79 Å². The highest BCUT2D eigenvalue weighted by Crippen LogP contribution is 2.37. The molecule has 4 nitrogen and oxygen atoms in total. The fraction of sp³-hybridized carbons (Fsp3) is 0.611. The first kappa shape index (κ1) is 21.2. The van der Waals surface area contributed by atoms with Crippen molar-refractivity contribution in [2.24, 2.45) is 5.41 Å². The van der Waals surface area contributed by atoms with Crippen LogP contribution in [0.25, 0.3) is 0 Å². The Bertz CT molecular complexity index is 508. The van der Waals surface area contributed by atoms with E-state index in [1.807, 2.05) is 37.2 Å². The lowest BCUT2D eigenvalue weighted by molar-refractivity contribution is -0.138. The Morgan fingerprint density at radius 3 is 2.25 bits per heavy atom. The van der Waals surface area contributed by atoms with Gasteiger partial charge in [0.1, 0.15) is 6.04 Å². The standard InChI is InChI=1S/C18H27N3O.2ClH/c1-20(2)16(15-6-4-3-5-7-15)17(22)21-12-9-18(10-13-21)8-11-19-14-18;;/h3-7,16,19H,8-14H2,1-2H3;2*1H. The molecule has 24 heavy (non-hydrogen) atoms. The Morgan fingerprint density at radius 1 is 1.12 bits per heavy atom. The molecule has 2 saturated heterocycles. The van der Waals surface area contributed by atoms with Crippen molar-refractivity contribution in [3.63, 3.8) is 0 Å². The van der Waals surface area contributed by atoms with Crippen LogP contribution in [-0.4, -0.2) is 56.0 Å². The van der Waals surface area contributed by atoms with E-state index in [2.05, 4.69) is 22.3 Å². The first-order valence-corrected chi connectivity index (χ1v) is 8.32. The average Bonchev–Trinajstić information content (AvgIpc) is 2.97. The molecule has 1 amide bonds. The van der Waals surface area contributed by atoms with Crippen molar-refractivity contribution in [1.29, 1.82) is 0 Å². The van der Waals surface area contributed by atoms with Crippen LogP contribution in [0.15, 0.2) is 30.3 Å². The van der Waals surface area contributed by atoms with Gasteiger partial charge in [-0.1, -0.05) is 30.3 Å². The molecule has 2 fully saturated rings. The summed E-state index contributed by atoms with van der Waals surface area (Å²) in [5, 5.41) is 3.48. The largest absolute Gasteiger partial charge is 0.341 e. The number of piperidine rings is 1. The fourth-order valence-corrected chi connectivity index (χ4v) is 3.89. The van der Waals surface area contributed by atoms with E-state index in [4.69, 9.17) is 0 Å². The van der Waals surface area contributed by atoms with Crippen LogP contribution in [0.5, 0.6) is 0 Å². The van der Waals surface area contributed by atoms with Gasteiger partial charge in [-0.3, -0.25) is 9.69 Å². The Kier molecular flexibility index (Phi) is 8.00. The van der Waals surface area contributed by atoms with Gasteiger partial charge in [-0.2, -0.15) is 0 Å². The topological polar surface area (TPSA) is 35.6 Å². The predicted molar refractivity (Wildman–Crippen MR) is 103 cm³/mol. The van der Waals surface area contributed by atoms with Crippen LogP contribution in [0, 0.1) is 5.41 Å². The minimum atomic E-state index is -0.169. The van der Waals surface area contributed by atoms with Crippen LogP contribution >= 0.6 is 24.8 Å². The van der Waals surface area contributed by atoms with Gasteiger partial charge in [0.2, 0.25) is 5.91 Å². The second kappa shape index (κ2) is 9.04. The number of amides is 1. The Balaban J connectivity index is 0.00000144. The van der Waals surface area contributed by atoms with Crippen LogP contribution in [0.2, 0.25) is 0 Å². The molecule has 0 radical (unpaired) electrons. The van der Waals surface area contributed by atoms with E-state index < -0.39 is 0 Å². The minimum Gasteiger partial charge on any atom is -0.341 e. The van der Waals surface area contributed by atoms with Gasteiger partial charge in [0, 0.05) is 19.6 Å². The maximum atomic E-state index is 13.0. The second-order valence-corrected chi connectivity index (χ2v) is 7.03. The number of likely N-dealkylation sites (N-methyl/N-ethyl adjacent to an activating group) is 1. The number of hydrogen-bond donors (Lipinski definition) is 1. The van der Waals surface area contributed by atoms with Gasteiger partial charge >= 0.3 is 0 Å². The molecule has 0 saturated carbocycles. The maximum absolute atomic E-state index is 13.0. The van der Waals surface area contributed by atoms with Gasteiger partial charge in [-0.05, 0) is 50.9 Å². The summed E-state index contributed by atoms with van der Waals surface area (Å²) in [6.07, 6.45) is 3.55. The second-order valence-electron chi connectivity index (χ2n) is 7.03. The van der Waals surface area contributed by atoms with Crippen LogP contribution in [0.4, 0.5) is 0 Å². The molecule has 0 bridgehead atoms. The van der Waals surface area contributed by atoms with Crippen molar-refractivity contribution in [1.82, 2.24) is 15.1 Å². The van der Waals surface area contributed by atoms with Gasteiger partial charge in [-0.15, -0.1) is 24.8 Å². The zero-order chi connectivity index (χ0) is 15.6. The lowest BCUT2D eigenvalue weighted by Gasteiger charge is -2.41. The summed E-state index contributed by atoms with van der Waals surface area (Å²) in [5.74, 6) is 0.247. The summed E-state index contributed by atoms with van der Waals surface area (Å²) >= 11 is 0. The predicted octanol–water partition coefficient (Wildman–Crippen LogP) is 2.74. The molecule has 0 aliphatic carbocycles. The van der Waals surface area contributed by atoms with Gasteiger partial charge in [-0.25, -0.2) is 0 Å². The molecule has 1 atom stereocenters. The lowest BCUT2D eigenvalue weighted by Crippen LogP contribution is -2.47. The molecule has 6 heteroatoms. The molecule has 1 aromatic carbocycles. The lowest BCUT2D eigenvalue weighted by atomic mass is 9.77. The number of carbonyl (C=O) groups excluding carboxylic acids is 1. The average molecular weight is 374 g/mol. The third-order valence-corrected chi connectivity index (χ3v) is 5.33. The number of carbonyl (C=O) groups is 1. The number of nitrogens with zero attached hydrogens (tertiary/aromatic N) is 2. The molecule has 3 rings (SSSR count). The van der Waals surface area contributed by atoms with Crippen molar-refractivity contribution in [3.05, 3.63) is 35.9 Å². The molecule has 1 aromatic rings. The number of halogens is 2. The minimum absolute atomic E-state index is 0. The Morgan fingerprint density at radius 2 is 1.75 bits per heavy atom. The first-order valence-electron chi connectivity index (χ1n) is 8.32. The molecular weight excluding hydrogens is 345 g/mol. The molecule has 136 valence electrons. The molecular formula is C18H29Cl2N3O. The highest BCUT2D eigenvalue weighted by Gasteiger charge is 2.39. The normalized spacial score (nSPS) is 20.4. The van der Waals surface area contributed by atoms with Crippen molar-refractivity contribution < 1.29 is 4.79 Å². The Labute approximate surface area is 157 Å². The summed E-state index contributed by atoms with van der Waals surface area (Å²) in [6, 6.07) is 9.95. The number of rotatable bonds is 3. The van der Waals surface area contributed by atoms with E-state index in [1.54, 1.807) is 0 Å². The molecule has 2 aliphatic rings. The van der Waals surface area contributed by atoms with Crippen molar-refractivity contribution in [3.8, 4) is 0 Å². The van der Waals surface area contributed by atoms with Crippen molar-refractivity contribution >= 4 is 30.7 Å². The van der Waals surface area contributed by atoms with E-state index in [0.29, 0.717) is 5.41 Å². The van der Waals surface area contributed by atoms with Gasteiger partial charge in [0.05, 0.1) is 0 Å². The molecule has 1 unspecified atom stereocenters. The summed E-state index contributed by atoms with van der Waals surface area (Å²) in [5.41, 5.74) is 1.54. The summed E-state index contributed by atoms with van der Waals surface area (Å²) < 4.78 is 0. The Hall–Kier alpha value is -0.810. The quantitative estimate of drug-likeness (QED) is 0.884. The van der Waals surface area contributed by atoms with E-state index in [-0.39, 0.29) is 36.8 Å². The monoisotopic (exact) mass is 373 g/mol. The number of likely N-dealkylation sites (tertiary alicyclic amines) is 1. The van der Waals surface area contributed by atoms with E-state index in [1.165, 1.54) is 6.42 Å². The number of benzene rings is 1. The third kappa shape index (κ3) is 4.42. The fourth-order valence-electron chi connectivity index (χ4n) is 3.89. The molecule has 0 aromatic heterocycles. The van der Waals surface area contributed by atoms with Gasteiger partial charge in [0.15, 0.2) is 0 Å². The van der Waals surface area contributed by atoms with Crippen molar-refractivity contribution in [2.45, 2.75) is 25.3 Å². The van der Waals surface area contributed by atoms with Gasteiger partial charge < -0.3 is 10.2 Å². The zero-order valence-corrected chi connectivity index (χ0v) is 16.2. The zero-order valence-electron chi connectivity index (χ0n) is 14.5. The van der Waals surface area contributed by atoms with Crippen LogP contribution < -0.4 is 5.32 Å². The summed E-state index contributed by atoms with van der Waals surface area (Å²) in [4.78, 5) is 17.1. The highest BCUT2D eigenvalue weighted by molar-refractivity contribution is 5.85. The first-order chi connectivity index (χ1) is 10.6. The van der Waals surface area contributed by atoms with E-state index in [9.17, 15) is 4.79 Å². The van der Waals surface area contributed by atoms with E-state index >= 15 is 0 Å². The highest BCUT2D eigenvalue weighted by atomic mass is 35.5. The van der Waals surface area contributed by atoms with Crippen LogP contribution in [0.3, 0.4) is 0 Å². The smallest absolute Gasteiger partial charge is 0.244 e. The maximum Gasteiger partial charge on any atom is 0.244 e. The molecule has 2 heterocycles. The third-order valence-electron chi connectivity index (χ3n) is 5.33. The van der Waals surface area contributed by atoms with E-state index in [0.717, 1.165) is 44.6 Å². The number of nitrogens with one attached hydrogen (secondary N) is 1. The molecule has 2 aliphatic heterocycles. The van der Waals surface area contributed by atoms with Crippen molar-refractivity contribution in [2.75, 3.05) is 40.3 Å². The van der Waals surface area contributed by atoms with Crippen LogP contribution in [0.1, 0.15) is 30.9 Å². The SMILES string of the molecule is CN(C)C(C(=O)N1CCC2(CCNC2)CC1)c1ccccc1.Cl.Cl. The summed E-state index contributed by atoms with van der Waals surface area (Å²) in [7, 11) is 3.98. The number of hydrogen-bond acceptors (Lipinski definition) is 3. The molecule has 1 spiro atoms.